The van der Waals surface area contributed by atoms with E-state index in [4.69, 9.17) is 0 Å². The van der Waals surface area contributed by atoms with Crippen molar-refractivity contribution in [3.63, 3.8) is 0 Å². The van der Waals surface area contributed by atoms with E-state index in [1.807, 2.05) is 31.2 Å². The van der Waals surface area contributed by atoms with Gasteiger partial charge < -0.3 is 10.2 Å². The lowest BCUT2D eigenvalue weighted by atomic mass is 10.0. The molecule has 14 heavy (non-hydrogen) atoms. The zero-order valence-electron chi connectivity index (χ0n) is 7.99. The monoisotopic (exact) mass is 188 g/mol. The zero-order valence-corrected chi connectivity index (χ0v) is 7.99. The van der Waals surface area contributed by atoms with Crippen molar-refractivity contribution >= 4 is 10.8 Å². The molecule has 0 amide bonds. The van der Waals surface area contributed by atoms with Gasteiger partial charge in [0.15, 0.2) is 11.5 Å². The summed E-state index contributed by atoms with van der Waals surface area (Å²) in [5.74, 6) is -0.0354. The maximum absolute atomic E-state index is 9.65. The molecular weight excluding hydrogens is 176 g/mol. The van der Waals surface area contributed by atoms with Crippen LogP contribution in [-0.2, 0) is 6.42 Å². The number of phenolic OH excluding ortho intramolecular Hbond substituents is 2. The number of fused-ring (bicyclic) bond motifs is 1. The fourth-order valence-electron chi connectivity index (χ4n) is 1.75. The highest BCUT2D eigenvalue weighted by Gasteiger charge is 2.09. The Kier molecular flexibility index (Phi) is 2.04. The molecule has 2 rings (SSSR count). The van der Waals surface area contributed by atoms with E-state index in [1.165, 1.54) is 0 Å². The molecule has 2 nitrogen and oxygen atoms in total. The second-order valence-corrected chi connectivity index (χ2v) is 3.30. The van der Waals surface area contributed by atoms with Gasteiger partial charge in [-0.2, -0.15) is 0 Å². The van der Waals surface area contributed by atoms with Crippen LogP contribution in [0.5, 0.6) is 11.5 Å². The Labute approximate surface area is 82.4 Å². The maximum Gasteiger partial charge on any atom is 0.161 e. The van der Waals surface area contributed by atoms with Gasteiger partial charge in [-0.25, -0.2) is 0 Å². The largest absolute Gasteiger partial charge is 0.504 e. The van der Waals surface area contributed by atoms with E-state index < -0.39 is 0 Å². The van der Waals surface area contributed by atoms with Gasteiger partial charge in [-0.15, -0.1) is 0 Å². The van der Waals surface area contributed by atoms with Crippen LogP contribution in [0.15, 0.2) is 30.3 Å². The Morgan fingerprint density at radius 1 is 1.14 bits per heavy atom. The lowest BCUT2D eigenvalue weighted by Gasteiger charge is -2.08. The van der Waals surface area contributed by atoms with E-state index in [1.54, 1.807) is 6.07 Å². The third kappa shape index (κ3) is 1.20. The van der Waals surface area contributed by atoms with E-state index >= 15 is 0 Å². The molecule has 2 heteroatoms. The summed E-state index contributed by atoms with van der Waals surface area (Å²) in [5, 5.41) is 21.1. The Balaban J connectivity index is 2.89. The smallest absolute Gasteiger partial charge is 0.161 e. The molecular formula is C12H12O2. The van der Waals surface area contributed by atoms with Gasteiger partial charge in [0.25, 0.3) is 0 Å². The Bertz CT molecular complexity index is 475. The highest BCUT2D eigenvalue weighted by atomic mass is 16.3. The van der Waals surface area contributed by atoms with Crippen molar-refractivity contribution in [1.29, 1.82) is 0 Å². The van der Waals surface area contributed by atoms with Gasteiger partial charge >= 0.3 is 0 Å². The van der Waals surface area contributed by atoms with E-state index in [0.29, 0.717) is 6.42 Å². The summed E-state index contributed by atoms with van der Waals surface area (Å²) < 4.78 is 0. The molecule has 0 atom stereocenters. The van der Waals surface area contributed by atoms with Crippen molar-refractivity contribution in [2.24, 2.45) is 0 Å². The Morgan fingerprint density at radius 3 is 2.57 bits per heavy atom. The SMILES string of the molecule is CCc1c(O)c(O)cc2ccccc12. The molecule has 0 aromatic heterocycles. The normalized spacial score (nSPS) is 10.6. The average molecular weight is 188 g/mol. The van der Waals surface area contributed by atoms with Crippen LogP contribution in [0.1, 0.15) is 12.5 Å². The van der Waals surface area contributed by atoms with Crippen molar-refractivity contribution in [3.8, 4) is 11.5 Å². The first-order valence-electron chi connectivity index (χ1n) is 4.66. The number of hydrogen-bond donors (Lipinski definition) is 2. The average Bonchev–Trinajstić information content (AvgIpc) is 2.20. The summed E-state index contributed by atoms with van der Waals surface area (Å²) in [6, 6.07) is 9.31. The highest BCUT2D eigenvalue weighted by Crippen LogP contribution is 2.35. The van der Waals surface area contributed by atoms with Gasteiger partial charge in [0.2, 0.25) is 0 Å². The molecule has 0 aliphatic carbocycles. The van der Waals surface area contributed by atoms with Crippen molar-refractivity contribution in [2.45, 2.75) is 13.3 Å². The molecule has 0 heterocycles. The van der Waals surface area contributed by atoms with Crippen molar-refractivity contribution < 1.29 is 10.2 Å². The first-order valence-corrected chi connectivity index (χ1v) is 4.66. The van der Waals surface area contributed by atoms with Crippen molar-refractivity contribution in [1.82, 2.24) is 0 Å². The van der Waals surface area contributed by atoms with Crippen molar-refractivity contribution in [2.75, 3.05) is 0 Å². The second-order valence-electron chi connectivity index (χ2n) is 3.30. The summed E-state index contributed by atoms with van der Waals surface area (Å²) in [6.45, 7) is 1.96. The number of benzene rings is 2. The third-order valence-corrected chi connectivity index (χ3v) is 2.46. The van der Waals surface area contributed by atoms with E-state index in [9.17, 15) is 10.2 Å². The summed E-state index contributed by atoms with van der Waals surface area (Å²) >= 11 is 0. The van der Waals surface area contributed by atoms with Gasteiger partial charge in [0, 0.05) is 5.56 Å². The molecule has 0 aliphatic rings. The Morgan fingerprint density at radius 2 is 1.86 bits per heavy atom. The quantitative estimate of drug-likeness (QED) is 0.675. The van der Waals surface area contributed by atoms with E-state index in [2.05, 4.69) is 0 Å². The zero-order chi connectivity index (χ0) is 10.1. The van der Waals surface area contributed by atoms with Crippen LogP contribution in [0.25, 0.3) is 10.8 Å². The minimum Gasteiger partial charge on any atom is -0.504 e. The molecule has 0 saturated heterocycles. The van der Waals surface area contributed by atoms with Gasteiger partial charge in [0.05, 0.1) is 0 Å². The van der Waals surface area contributed by atoms with E-state index in [0.717, 1.165) is 16.3 Å². The van der Waals surface area contributed by atoms with Crippen LogP contribution in [0, 0.1) is 0 Å². The van der Waals surface area contributed by atoms with Crippen LogP contribution in [0.3, 0.4) is 0 Å². The number of phenols is 2. The number of aromatic hydroxyl groups is 2. The molecule has 0 unspecified atom stereocenters. The molecule has 2 aromatic rings. The maximum atomic E-state index is 9.65. The molecule has 0 radical (unpaired) electrons. The molecule has 0 aliphatic heterocycles. The highest BCUT2D eigenvalue weighted by molar-refractivity contribution is 5.89. The van der Waals surface area contributed by atoms with Crippen molar-refractivity contribution in [3.05, 3.63) is 35.9 Å². The second kappa shape index (κ2) is 3.22. The molecule has 2 aromatic carbocycles. The number of hydrogen-bond acceptors (Lipinski definition) is 2. The van der Waals surface area contributed by atoms with Crippen LogP contribution >= 0.6 is 0 Å². The van der Waals surface area contributed by atoms with Gasteiger partial charge in [-0.3, -0.25) is 0 Å². The summed E-state index contributed by atoms with van der Waals surface area (Å²) in [5.41, 5.74) is 0.806. The van der Waals surface area contributed by atoms with Gasteiger partial charge in [-0.05, 0) is 23.3 Å². The fraction of sp³-hybridized carbons (Fsp3) is 0.167. The van der Waals surface area contributed by atoms with Crippen LogP contribution in [0.4, 0.5) is 0 Å². The Hall–Kier alpha value is -1.70. The molecule has 72 valence electrons. The first kappa shape index (κ1) is 8.88. The summed E-state index contributed by atoms with van der Waals surface area (Å²) in [6.07, 6.45) is 0.709. The van der Waals surface area contributed by atoms with Gasteiger partial charge in [-0.1, -0.05) is 31.2 Å². The summed E-state index contributed by atoms with van der Waals surface area (Å²) in [7, 11) is 0. The molecule has 2 N–H and O–H groups in total. The minimum absolute atomic E-state index is 0.00574. The molecule has 0 fully saturated rings. The first-order chi connectivity index (χ1) is 6.74. The predicted molar refractivity (Wildman–Crippen MR) is 56.7 cm³/mol. The van der Waals surface area contributed by atoms with E-state index in [-0.39, 0.29) is 11.5 Å². The lowest BCUT2D eigenvalue weighted by Crippen LogP contribution is -1.85. The van der Waals surface area contributed by atoms with Crippen LogP contribution in [0.2, 0.25) is 0 Å². The van der Waals surface area contributed by atoms with Crippen LogP contribution < -0.4 is 0 Å². The number of aryl methyl sites for hydroxylation is 1. The molecule has 0 saturated carbocycles. The van der Waals surface area contributed by atoms with Gasteiger partial charge in [0.1, 0.15) is 0 Å². The minimum atomic E-state index is -0.0412. The standard InChI is InChI=1S/C12H12O2/c1-2-9-10-6-4-3-5-8(10)7-11(13)12(9)14/h3-7,13-14H,2H2,1H3. The topological polar surface area (TPSA) is 40.5 Å². The van der Waals surface area contributed by atoms with Crippen LogP contribution in [-0.4, -0.2) is 10.2 Å². The predicted octanol–water partition coefficient (Wildman–Crippen LogP) is 2.81. The molecule has 0 spiro atoms. The fourth-order valence-corrected chi connectivity index (χ4v) is 1.75. The lowest BCUT2D eigenvalue weighted by molar-refractivity contribution is 0.401. The third-order valence-electron chi connectivity index (χ3n) is 2.46. The molecule has 0 bridgehead atoms. The summed E-state index contributed by atoms with van der Waals surface area (Å²) in [4.78, 5) is 0. The number of rotatable bonds is 1.